The van der Waals surface area contributed by atoms with Gasteiger partial charge in [-0.3, -0.25) is 4.90 Å². The Morgan fingerprint density at radius 3 is 2.40 bits per heavy atom. The van der Waals surface area contributed by atoms with Gasteiger partial charge >= 0.3 is 6.03 Å². The van der Waals surface area contributed by atoms with Crippen LogP contribution in [-0.2, 0) is 4.74 Å². The van der Waals surface area contributed by atoms with E-state index in [-0.39, 0.29) is 6.03 Å². The number of piperazine rings is 1. The lowest BCUT2D eigenvalue weighted by atomic mass is 10.2. The molecule has 2 aliphatic rings. The van der Waals surface area contributed by atoms with E-state index in [4.69, 9.17) is 9.47 Å². The number of hydrogen-bond acceptors (Lipinski definition) is 5. The summed E-state index contributed by atoms with van der Waals surface area (Å²) in [6, 6.07) is 8.12. The Kier molecular flexibility index (Phi) is 6.36. The summed E-state index contributed by atoms with van der Waals surface area (Å²) >= 11 is 0. The van der Waals surface area contributed by atoms with Crippen molar-refractivity contribution in [1.29, 1.82) is 0 Å². The van der Waals surface area contributed by atoms with Crippen LogP contribution in [0.4, 0.5) is 10.5 Å². The second kappa shape index (κ2) is 8.92. The summed E-state index contributed by atoms with van der Waals surface area (Å²) in [7, 11) is 1.67. The number of nitrogens with zero attached hydrogens (tertiary/aromatic N) is 3. The molecule has 2 fully saturated rings. The molecule has 0 radical (unpaired) electrons. The monoisotopic (exact) mass is 348 g/mol. The van der Waals surface area contributed by atoms with Gasteiger partial charge in [0.05, 0.1) is 20.3 Å². The molecule has 0 aliphatic carbocycles. The van der Waals surface area contributed by atoms with E-state index in [1.165, 1.54) is 5.69 Å². The van der Waals surface area contributed by atoms with E-state index in [1.807, 2.05) is 17.0 Å². The normalized spacial score (nSPS) is 18.9. The minimum Gasteiger partial charge on any atom is -0.497 e. The third kappa shape index (κ3) is 4.99. The number of urea groups is 1. The number of amides is 2. The first-order chi connectivity index (χ1) is 12.3. The van der Waals surface area contributed by atoms with Crippen molar-refractivity contribution in [1.82, 2.24) is 15.1 Å². The number of morpholine rings is 1. The van der Waals surface area contributed by atoms with Crippen LogP contribution in [-0.4, -0.2) is 88.5 Å². The number of ether oxygens (including phenoxy) is 2. The van der Waals surface area contributed by atoms with E-state index in [9.17, 15) is 4.79 Å². The molecule has 2 amide bonds. The third-order valence-electron chi connectivity index (χ3n) is 4.81. The lowest BCUT2D eigenvalue weighted by molar-refractivity contribution is 0.0386. The molecule has 25 heavy (non-hydrogen) atoms. The molecule has 0 unspecified atom stereocenters. The van der Waals surface area contributed by atoms with Crippen LogP contribution in [0.2, 0.25) is 0 Å². The van der Waals surface area contributed by atoms with E-state index in [0.29, 0.717) is 6.54 Å². The molecular weight excluding hydrogens is 320 g/mol. The average molecular weight is 348 g/mol. The van der Waals surface area contributed by atoms with E-state index in [2.05, 4.69) is 27.2 Å². The van der Waals surface area contributed by atoms with Gasteiger partial charge in [0.2, 0.25) is 0 Å². The fourth-order valence-electron chi connectivity index (χ4n) is 3.22. The van der Waals surface area contributed by atoms with Crippen molar-refractivity contribution in [2.45, 2.75) is 0 Å². The van der Waals surface area contributed by atoms with Gasteiger partial charge in [-0.15, -0.1) is 0 Å². The van der Waals surface area contributed by atoms with Crippen LogP contribution in [0.5, 0.6) is 5.75 Å². The Morgan fingerprint density at radius 1 is 1.08 bits per heavy atom. The summed E-state index contributed by atoms with van der Waals surface area (Å²) < 4.78 is 10.5. The molecule has 0 atom stereocenters. The van der Waals surface area contributed by atoms with Crippen molar-refractivity contribution in [2.75, 3.05) is 77.6 Å². The quantitative estimate of drug-likeness (QED) is 0.855. The summed E-state index contributed by atoms with van der Waals surface area (Å²) in [6.45, 7) is 8.27. The number of rotatable bonds is 5. The van der Waals surface area contributed by atoms with Crippen LogP contribution >= 0.6 is 0 Å². The smallest absolute Gasteiger partial charge is 0.317 e. The average Bonchev–Trinajstić information content (AvgIpc) is 2.69. The SMILES string of the molecule is COc1ccc(N2CCN(C(=O)NCCN3CCOCC3)CC2)cc1. The van der Waals surface area contributed by atoms with Gasteiger partial charge < -0.3 is 24.6 Å². The van der Waals surface area contributed by atoms with Crippen LogP contribution in [0.15, 0.2) is 24.3 Å². The second-order valence-electron chi connectivity index (χ2n) is 6.36. The molecule has 1 aromatic carbocycles. The highest BCUT2D eigenvalue weighted by atomic mass is 16.5. The largest absolute Gasteiger partial charge is 0.497 e. The van der Waals surface area contributed by atoms with Gasteiger partial charge in [0.1, 0.15) is 5.75 Å². The molecule has 2 saturated heterocycles. The van der Waals surface area contributed by atoms with Crippen LogP contribution in [0, 0.1) is 0 Å². The van der Waals surface area contributed by atoms with E-state index in [0.717, 1.165) is 64.8 Å². The molecule has 1 aromatic rings. The number of carbonyl (C=O) groups is 1. The molecule has 3 rings (SSSR count). The van der Waals surface area contributed by atoms with Crippen molar-refractivity contribution >= 4 is 11.7 Å². The van der Waals surface area contributed by atoms with Gasteiger partial charge in [-0.05, 0) is 24.3 Å². The lowest BCUT2D eigenvalue weighted by Crippen LogP contribution is -2.52. The maximum atomic E-state index is 12.3. The van der Waals surface area contributed by atoms with Crippen LogP contribution in [0.25, 0.3) is 0 Å². The minimum atomic E-state index is 0.0441. The Bertz CT molecular complexity index is 538. The first-order valence-corrected chi connectivity index (χ1v) is 8.98. The molecule has 2 aliphatic heterocycles. The first-order valence-electron chi connectivity index (χ1n) is 8.98. The Morgan fingerprint density at radius 2 is 1.76 bits per heavy atom. The highest BCUT2D eigenvalue weighted by Crippen LogP contribution is 2.20. The number of anilines is 1. The van der Waals surface area contributed by atoms with E-state index in [1.54, 1.807) is 7.11 Å². The van der Waals surface area contributed by atoms with E-state index < -0.39 is 0 Å². The number of methoxy groups -OCH3 is 1. The first kappa shape index (κ1) is 17.8. The maximum Gasteiger partial charge on any atom is 0.317 e. The third-order valence-corrected chi connectivity index (χ3v) is 4.81. The van der Waals surface area contributed by atoms with Gasteiger partial charge in [-0.2, -0.15) is 0 Å². The topological polar surface area (TPSA) is 57.3 Å². The van der Waals surface area contributed by atoms with E-state index >= 15 is 0 Å². The standard InChI is InChI=1S/C18H28N4O3/c1-24-17-4-2-16(3-5-17)21-8-10-22(11-9-21)18(23)19-6-7-20-12-14-25-15-13-20/h2-5H,6-15H2,1H3,(H,19,23). The molecule has 0 aromatic heterocycles. The predicted octanol–water partition coefficient (Wildman–Crippen LogP) is 0.859. The summed E-state index contributed by atoms with van der Waals surface area (Å²) in [5, 5.41) is 3.04. The van der Waals surface area contributed by atoms with Crippen LogP contribution in [0.3, 0.4) is 0 Å². The van der Waals surface area contributed by atoms with Crippen LogP contribution in [0.1, 0.15) is 0 Å². The van der Waals surface area contributed by atoms with Gasteiger partial charge in [0, 0.05) is 58.0 Å². The molecule has 0 saturated carbocycles. The minimum absolute atomic E-state index is 0.0441. The van der Waals surface area contributed by atoms with Gasteiger partial charge in [0.25, 0.3) is 0 Å². The zero-order valence-electron chi connectivity index (χ0n) is 14.9. The molecule has 7 nitrogen and oxygen atoms in total. The highest BCUT2D eigenvalue weighted by Gasteiger charge is 2.21. The van der Waals surface area contributed by atoms with Crippen LogP contribution < -0.4 is 15.0 Å². The summed E-state index contributed by atoms with van der Waals surface area (Å²) in [6.07, 6.45) is 0. The second-order valence-corrected chi connectivity index (χ2v) is 6.36. The summed E-state index contributed by atoms with van der Waals surface area (Å²) in [5.74, 6) is 0.863. The van der Waals surface area contributed by atoms with Crippen molar-refractivity contribution in [3.05, 3.63) is 24.3 Å². The molecule has 2 heterocycles. The molecule has 1 N–H and O–H groups in total. The number of carbonyl (C=O) groups excluding carboxylic acids is 1. The van der Waals surface area contributed by atoms with Crippen molar-refractivity contribution in [3.8, 4) is 5.75 Å². The number of nitrogens with one attached hydrogen (secondary N) is 1. The number of benzene rings is 1. The molecule has 138 valence electrons. The van der Waals surface area contributed by atoms with Gasteiger partial charge in [0.15, 0.2) is 0 Å². The van der Waals surface area contributed by atoms with Gasteiger partial charge in [-0.1, -0.05) is 0 Å². The molecule has 0 bridgehead atoms. The Balaban J connectivity index is 1.38. The maximum absolute atomic E-state index is 12.3. The highest BCUT2D eigenvalue weighted by molar-refractivity contribution is 5.74. The van der Waals surface area contributed by atoms with Crippen molar-refractivity contribution < 1.29 is 14.3 Å². The fourth-order valence-corrected chi connectivity index (χ4v) is 3.22. The molecule has 0 spiro atoms. The summed E-state index contributed by atoms with van der Waals surface area (Å²) in [5.41, 5.74) is 1.17. The van der Waals surface area contributed by atoms with Gasteiger partial charge in [-0.25, -0.2) is 4.79 Å². The number of hydrogen-bond donors (Lipinski definition) is 1. The zero-order valence-corrected chi connectivity index (χ0v) is 14.9. The lowest BCUT2D eigenvalue weighted by Gasteiger charge is -2.36. The Hall–Kier alpha value is -1.99. The summed E-state index contributed by atoms with van der Waals surface area (Å²) in [4.78, 5) is 18.8. The zero-order chi connectivity index (χ0) is 17.5. The fraction of sp³-hybridized carbons (Fsp3) is 0.611. The van der Waals surface area contributed by atoms with Crippen molar-refractivity contribution in [3.63, 3.8) is 0 Å². The predicted molar refractivity (Wildman–Crippen MR) is 97.4 cm³/mol. The Labute approximate surface area is 149 Å². The molecular formula is C18H28N4O3. The molecule has 7 heteroatoms. The van der Waals surface area contributed by atoms with Crippen molar-refractivity contribution in [2.24, 2.45) is 0 Å².